The van der Waals surface area contributed by atoms with Crippen molar-refractivity contribution in [3.05, 3.63) is 133 Å². The van der Waals surface area contributed by atoms with E-state index in [1.165, 1.54) is 0 Å². The lowest BCUT2D eigenvalue weighted by Crippen LogP contribution is -2.02. The quantitative estimate of drug-likeness (QED) is 0.215. The molecule has 0 fully saturated rings. The van der Waals surface area contributed by atoms with Gasteiger partial charge in [-0.15, -0.1) is 0 Å². The van der Waals surface area contributed by atoms with Crippen LogP contribution < -0.4 is 0 Å². The number of para-hydroxylation sites is 2. The third kappa shape index (κ3) is 3.01. The van der Waals surface area contributed by atoms with Crippen LogP contribution in [0.5, 0.6) is 11.5 Å². The Morgan fingerprint density at radius 2 is 0.619 bits per heavy atom. The van der Waals surface area contributed by atoms with Gasteiger partial charge in [-0.05, 0) is 36.4 Å². The molecule has 198 valence electrons. The number of hydrogen-bond acceptors (Lipinski definition) is 2. The van der Waals surface area contributed by atoms with Gasteiger partial charge in [-0.25, -0.2) is 0 Å². The molecule has 42 heavy (non-hydrogen) atoms. The number of rotatable bonds is 2. The molecule has 4 heteroatoms. The van der Waals surface area contributed by atoms with E-state index < -0.39 is 0 Å². The van der Waals surface area contributed by atoms with Crippen LogP contribution >= 0.6 is 0 Å². The molecule has 7 aromatic carbocycles. The largest absolute Gasteiger partial charge is 0.508 e. The second-order valence-electron chi connectivity index (χ2n) is 10.9. The van der Waals surface area contributed by atoms with Crippen LogP contribution in [0, 0.1) is 0 Å². The zero-order valence-electron chi connectivity index (χ0n) is 22.5. The minimum atomic E-state index is 0.238. The van der Waals surface area contributed by atoms with Crippen LogP contribution in [-0.4, -0.2) is 19.3 Å². The summed E-state index contributed by atoms with van der Waals surface area (Å²) in [6.07, 6.45) is 0. The molecule has 9 aromatic rings. The number of phenols is 2. The molecular weight excluding hydrogens is 516 g/mol. The SMILES string of the molecule is Oc1ccc2c3ccccc3n(-c3c4ccccc4c(-n4c5ccccc5c5ccc(O)cc54)c4ccccc34)c2c1. The van der Waals surface area contributed by atoms with E-state index in [-0.39, 0.29) is 11.5 Å². The number of aromatic nitrogens is 2. The Labute approximate surface area is 240 Å². The summed E-state index contributed by atoms with van der Waals surface area (Å²) in [6, 6.07) is 45.3. The fourth-order valence-corrected chi connectivity index (χ4v) is 6.96. The van der Waals surface area contributed by atoms with Crippen molar-refractivity contribution in [2.24, 2.45) is 0 Å². The molecule has 2 heterocycles. The number of benzene rings is 7. The van der Waals surface area contributed by atoms with E-state index in [1.54, 1.807) is 12.1 Å². The molecule has 2 aromatic heterocycles. The van der Waals surface area contributed by atoms with Gasteiger partial charge in [0.05, 0.1) is 33.4 Å². The van der Waals surface area contributed by atoms with Crippen LogP contribution in [0.3, 0.4) is 0 Å². The first-order valence-corrected chi connectivity index (χ1v) is 14.1. The predicted octanol–water partition coefficient (Wildman–Crippen LogP) is 9.60. The topological polar surface area (TPSA) is 50.3 Å². The second kappa shape index (κ2) is 8.38. The van der Waals surface area contributed by atoms with Crippen molar-refractivity contribution in [1.82, 2.24) is 9.13 Å². The van der Waals surface area contributed by atoms with Crippen LogP contribution in [0.2, 0.25) is 0 Å². The maximum Gasteiger partial charge on any atom is 0.117 e. The monoisotopic (exact) mass is 540 g/mol. The van der Waals surface area contributed by atoms with Gasteiger partial charge in [0.15, 0.2) is 0 Å². The molecule has 0 atom stereocenters. The van der Waals surface area contributed by atoms with Crippen LogP contribution in [0.25, 0.3) is 76.5 Å². The Morgan fingerprint density at radius 1 is 0.310 bits per heavy atom. The lowest BCUT2D eigenvalue weighted by molar-refractivity contribution is 0.475. The van der Waals surface area contributed by atoms with Gasteiger partial charge in [-0.1, -0.05) is 84.9 Å². The Hall–Kier alpha value is -5.74. The molecular formula is C38H24N2O2. The molecule has 0 spiro atoms. The minimum Gasteiger partial charge on any atom is -0.508 e. The third-order valence-electron chi connectivity index (χ3n) is 8.64. The van der Waals surface area contributed by atoms with Crippen LogP contribution in [-0.2, 0) is 0 Å². The maximum absolute atomic E-state index is 10.6. The maximum atomic E-state index is 10.6. The Kier molecular flexibility index (Phi) is 4.59. The molecule has 0 bridgehead atoms. The van der Waals surface area contributed by atoms with Crippen LogP contribution in [0.1, 0.15) is 0 Å². The van der Waals surface area contributed by atoms with Gasteiger partial charge in [-0.3, -0.25) is 0 Å². The highest BCUT2D eigenvalue weighted by Gasteiger charge is 2.22. The smallest absolute Gasteiger partial charge is 0.117 e. The van der Waals surface area contributed by atoms with Crippen LogP contribution in [0.15, 0.2) is 133 Å². The first kappa shape index (κ1) is 23.0. The normalized spacial score (nSPS) is 12.0. The summed E-state index contributed by atoms with van der Waals surface area (Å²) >= 11 is 0. The molecule has 0 aliphatic rings. The van der Waals surface area contributed by atoms with E-state index in [0.717, 1.165) is 76.5 Å². The van der Waals surface area contributed by atoms with E-state index in [1.807, 2.05) is 24.3 Å². The van der Waals surface area contributed by atoms with E-state index in [9.17, 15) is 10.2 Å². The summed E-state index contributed by atoms with van der Waals surface area (Å²) in [5.41, 5.74) is 6.24. The van der Waals surface area contributed by atoms with Gasteiger partial charge in [0.1, 0.15) is 11.5 Å². The van der Waals surface area contributed by atoms with Crippen molar-refractivity contribution in [2.75, 3.05) is 0 Å². The van der Waals surface area contributed by atoms with Gasteiger partial charge >= 0.3 is 0 Å². The zero-order chi connectivity index (χ0) is 27.9. The molecule has 0 radical (unpaired) electrons. The van der Waals surface area contributed by atoms with E-state index in [4.69, 9.17) is 0 Å². The molecule has 0 unspecified atom stereocenters. The van der Waals surface area contributed by atoms with Gasteiger partial charge in [0, 0.05) is 55.2 Å². The third-order valence-corrected chi connectivity index (χ3v) is 8.64. The summed E-state index contributed by atoms with van der Waals surface area (Å²) in [5, 5.41) is 30.1. The van der Waals surface area contributed by atoms with Gasteiger partial charge in [-0.2, -0.15) is 0 Å². The molecule has 9 rings (SSSR count). The average Bonchev–Trinajstić information content (AvgIpc) is 3.51. The lowest BCUT2D eigenvalue weighted by atomic mass is 9.97. The van der Waals surface area contributed by atoms with E-state index in [0.29, 0.717) is 0 Å². The summed E-state index contributed by atoms with van der Waals surface area (Å²) in [4.78, 5) is 0. The zero-order valence-corrected chi connectivity index (χ0v) is 22.5. The standard InChI is InChI=1S/C38H24N2O2/c41-23-17-19-27-25-9-5-7-15-33(25)39(35(27)21-23)37-29-11-1-2-12-30(29)38(32-14-4-3-13-31(32)37)40-34-16-8-6-10-26(34)28-20-18-24(42)22-36(28)40/h1-22,41-42H. The van der Waals surface area contributed by atoms with Crippen molar-refractivity contribution in [3.63, 3.8) is 0 Å². The fraction of sp³-hybridized carbons (Fsp3) is 0. The Morgan fingerprint density at radius 3 is 1.00 bits per heavy atom. The van der Waals surface area contributed by atoms with E-state index >= 15 is 0 Å². The Balaban J connectivity index is 1.54. The molecule has 0 amide bonds. The average molecular weight is 541 g/mol. The van der Waals surface area contributed by atoms with Crippen molar-refractivity contribution < 1.29 is 10.2 Å². The highest BCUT2D eigenvalue weighted by atomic mass is 16.3. The Bertz CT molecular complexity index is 2320. The van der Waals surface area contributed by atoms with Gasteiger partial charge in [0.25, 0.3) is 0 Å². The summed E-state index contributed by atoms with van der Waals surface area (Å²) in [6.45, 7) is 0. The van der Waals surface area contributed by atoms with Crippen molar-refractivity contribution >= 4 is 65.2 Å². The highest BCUT2D eigenvalue weighted by Crippen LogP contribution is 2.44. The fourth-order valence-electron chi connectivity index (χ4n) is 6.96. The van der Waals surface area contributed by atoms with Gasteiger partial charge in [0.2, 0.25) is 0 Å². The number of phenolic OH excluding ortho intramolecular Hbond substituents is 2. The van der Waals surface area contributed by atoms with Gasteiger partial charge < -0.3 is 19.3 Å². The van der Waals surface area contributed by atoms with Crippen molar-refractivity contribution in [3.8, 4) is 22.9 Å². The first-order valence-electron chi connectivity index (χ1n) is 14.1. The second-order valence-corrected chi connectivity index (χ2v) is 10.9. The summed E-state index contributed by atoms with van der Waals surface area (Å²) in [5.74, 6) is 0.476. The highest BCUT2D eigenvalue weighted by molar-refractivity contribution is 6.20. The molecule has 4 nitrogen and oxygen atoms in total. The number of fused-ring (bicyclic) bond motifs is 8. The van der Waals surface area contributed by atoms with Crippen molar-refractivity contribution in [1.29, 1.82) is 0 Å². The lowest BCUT2D eigenvalue weighted by Gasteiger charge is -2.21. The molecule has 0 saturated heterocycles. The van der Waals surface area contributed by atoms with E-state index in [2.05, 4.69) is 106 Å². The minimum absolute atomic E-state index is 0.238. The summed E-state index contributed by atoms with van der Waals surface area (Å²) < 4.78 is 4.60. The molecule has 0 aliphatic carbocycles. The van der Waals surface area contributed by atoms with Crippen LogP contribution in [0.4, 0.5) is 0 Å². The molecule has 0 aliphatic heterocycles. The number of aromatic hydroxyl groups is 2. The summed E-state index contributed by atoms with van der Waals surface area (Å²) in [7, 11) is 0. The number of hydrogen-bond donors (Lipinski definition) is 2. The molecule has 0 saturated carbocycles. The molecule has 2 N–H and O–H groups in total. The predicted molar refractivity (Wildman–Crippen MR) is 173 cm³/mol. The first-order chi connectivity index (χ1) is 20.7. The van der Waals surface area contributed by atoms with Crippen molar-refractivity contribution in [2.45, 2.75) is 0 Å². The number of nitrogens with zero attached hydrogens (tertiary/aromatic N) is 2.